The smallest absolute Gasteiger partial charge is 0.385 e. The third kappa shape index (κ3) is 4.93. The Kier molecular flexibility index (Phi) is 6.77. The number of nitrogens with zero attached hydrogens (tertiary/aromatic N) is 5. The molecule has 3 aromatic heterocycles. The van der Waals surface area contributed by atoms with Gasteiger partial charge in [0.25, 0.3) is 5.56 Å². The lowest BCUT2D eigenvalue weighted by Crippen LogP contribution is -2.31. The van der Waals surface area contributed by atoms with E-state index in [4.69, 9.17) is 11.6 Å². The normalized spacial score (nSPS) is 12.7. The number of aliphatic hydroxyl groups is 1. The molecule has 0 aliphatic carbocycles. The Morgan fingerprint density at radius 2 is 1.54 bits per heavy atom. The molecule has 3 heterocycles. The molecule has 0 saturated heterocycles. The molecule has 0 aliphatic rings. The fourth-order valence-corrected chi connectivity index (χ4v) is 4.61. The van der Waals surface area contributed by atoms with E-state index in [0.717, 1.165) is 11.6 Å². The van der Waals surface area contributed by atoms with E-state index in [1.54, 1.807) is 24.3 Å². The Morgan fingerprint density at radius 1 is 0.923 bits per heavy atom. The van der Waals surface area contributed by atoms with Crippen LogP contribution < -0.4 is 5.56 Å². The van der Waals surface area contributed by atoms with Gasteiger partial charge in [0.1, 0.15) is 11.8 Å². The molecule has 0 aliphatic heterocycles. The molecule has 1 N–H and O–H groups in total. The number of pyridine rings is 1. The van der Waals surface area contributed by atoms with Crippen molar-refractivity contribution >= 4 is 17.2 Å². The van der Waals surface area contributed by atoms with Gasteiger partial charge in [-0.1, -0.05) is 59.6 Å². The Labute approximate surface area is 226 Å². The summed E-state index contributed by atoms with van der Waals surface area (Å²) in [4.78, 5) is 18.0. The zero-order valence-corrected chi connectivity index (χ0v) is 21.9. The summed E-state index contributed by atoms with van der Waals surface area (Å²) >= 11 is 6.13. The van der Waals surface area contributed by atoms with Crippen LogP contribution in [0, 0.1) is 13.8 Å². The molecule has 0 spiro atoms. The van der Waals surface area contributed by atoms with Crippen LogP contribution in [0.1, 0.15) is 41.4 Å². The van der Waals surface area contributed by atoms with Crippen molar-refractivity contribution in [1.82, 2.24) is 24.4 Å². The van der Waals surface area contributed by atoms with Gasteiger partial charge >= 0.3 is 6.18 Å². The number of hydrogen-bond acceptors (Lipinski definition) is 5. The van der Waals surface area contributed by atoms with Crippen LogP contribution >= 0.6 is 11.6 Å². The van der Waals surface area contributed by atoms with E-state index in [1.807, 2.05) is 31.2 Å². The molecular formula is C28H23ClF3N5O2. The maximum atomic E-state index is 14.3. The van der Waals surface area contributed by atoms with Gasteiger partial charge in [-0.15, -0.1) is 10.2 Å². The minimum Gasteiger partial charge on any atom is -0.385 e. The van der Waals surface area contributed by atoms with Gasteiger partial charge in [0, 0.05) is 16.3 Å². The van der Waals surface area contributed by atoms with Crippen LogP contribution in [0.5, 0.6) is 0 Å². The second-order valence-electron chi connectivity index (χ2n) is 9.29. The second-order valence-corrected chi connectivity index (χ2v) is 9.73. The van der Waals surface area contributed by atoms with E-state index in [-0.39, 0.29) is 18.1 Å². The summed E-state index contributed by atoms with van der Waals surface area (Å²) in [6.45, 7) is 4.74. The molecule has 1 atom stereocenters. The lowest BCUT2D eigenvalue weighted by atomic mass is 9.96. The van der Waals surface area contributed by atoms with E-state index < -0.39 is 23.5 Å². The van der Waals surface area contributed by atoms with Crippen LogP contribution in [-0.4, -0.2) is 29.5 Å². The Hall–Kier alpha value is -4.02. The molecule has 0 saturated carbocycles. The molecular weight excluding hydrogens is 531 g/mol. The van der Waals surface area contributed by atoms with Gasteiger partial charge in [-0.2, -0.15) is 13.2 Å². The first-order chi connectivity index (χ1) is 18.5. The van der Waals surface area contributed by atoms with E-state index in [0.29, 0.717) is 38.5 Å². The molecule has 200 valence electrons. The number of alkyl halides is 3. The van der Waals surface area contributed by atoms with Crippen molar-refractivity contribution in [2.45, 2.75) is 39.6 Å². The maximum absolute atomic E-state index is 14.3. The van der Waals surface area contributed by atoms with Gasteiger partial charge < -0.3 is 5.11 Å². The second kappa shape index (κ2) is 9.94. The van der Waals surface area contributed by atoms with E-state index in [2.05, 4.69) is 15.2 Å². The molecule has 5 aromatic rings. The summed E-state index contributed by atoms with van der Waals surface area (Å²) in [5.41, 5.74) is 2.42. The number of fused-ring (bicyclic) bond motifs is 1. The van der Waals surface area contributed by atoms with Gasteiger partial charge in [0.15, 0.2) is 11.5 Å². The number of rotatable bonds is 5. The van der Waals surface area contributed by atoms with Crippen molar-refractivity contribution in [1.29, 1.82) is 0 Å². The zero-order chi connectivity index (χ0) is 28.1. The number of hydrogen-bond donors (Lipinski definition) is 1. The zero-order valence-electron chi connectivity index (χ0n) is 21.2. The van der Waals surface area contributed by atoms with Gasteiger partial charge in [0.05, 0.1) is 12.1 Å². The molecule has 0 radical (unpaired) electrons. The van der Waals surface area contributed by atoms with Crippen LogP contribution in [0.4, 0.5) is 13.2 Å². The molecule has 0 amide bonds. The largest absolute Gasteiger partial charge is 0.433 e. The molecule has 0 fully saturated rings. The van der Waals surface area contributed by atoms with Crippen molar-refractivity contribution in [3.05, 3.63) is 104 Å². The van der Waals surface area contributed by atoms with Crippen molar-refractivity contribution in [3.8, 4) is 22.3 Å². The van der Waals surface area contributed by atoms with Crippen LogP contribution in [0.15, 0.2) is 65.5 Å². The lowest BCUT2D eigenvalue weighted by Gasteiger charge is -2.19. The van der Waals surface area contributed by atoms with Crippen LogP contribution in [-0.2, 0) is 12.7 Å². The standard InChI is InChI=1S/C28H23ClF3N5O2/c1-15-4-6-19(7-5-15)24-23(18-8-11-21(29)12-9-18)26-35-34-25(17(3)38)37(26)36(27(24)39)14-20-10-13-22(28(30,31)32)33-16(20)2/h4-13,17,38H,14H2,1-3H3/t17-/m0/s1. The van der Waals surface area contributed by atoms with Gasteiger partial charge in [0.2, 0.25) is 0 Å². The minimum absolute atomic E-state index is 0.102. The monoisotopic (exact) mass is 553 g/mol. The summed E-state index contributed by atoms with van der Waals surface area (Å²) in [5, 5.41) is 19.5. The summed E-state index contributed by atoms with van der Waals surface area (Å²) in [6, 6.07) is 16.5. The van der Waals surface area contributed by atoms with Crippen molar-refractivity contribution in [2.24, 2.45) is 0 Å². The van der Waals surface area contributed by atoms with Crippen molar-refractivity contribution in [2.75, 3.05) is 0 Å². The number of halogens is 4. The lowest BCUT2D eigenvalue weighted by molar-refractivity contribution is -0.141. The first-order valence-corrected chi connectivity index (χ1v) is 12.4. The predicted molar refractivity (Wildman–Crippen MR) is 142 cm³/mol. The summed E-state index contributed by atoms with van der Waals surface area (Å²) in [7, 11) is 0. The topological polar surface area (TPSA) is 85.3 Å². The molecule has 5 rings (SSSR count). The van der Waals surface area contributed by atoms with Crippen molar-refractivity contribution < 1.29 is 18.3 Å². The first kappa shape index (κ1) is 26.6. The Morgan fingerprint density at radius 3 is 2.13 bits per heavy atom. The third-order valence-corrected chi connectivity index (χ3v) is 6.73. The maximum Gasteiger partial charge on any atom is 0.433 e. The summed E-state index contributed by atoms with van der Waals surface area (Å²) < 4.78 is 42.4. The number of aliphatic hydroxyl groups excluding tert-OH is 1. The van der Waals surface area contributed by atoms with Crippen molar-refractivity contribution in [3.63, 3.8) is 0 Å². The molecule has 39 heavy (non-hydrogen) atoms. The molecule has 0 unspecified atom stereocenters. The quantitative estimate of drug-likeness (QED) is 0.288. The predicted octanol–water partition coefficient (Wildman–Crippen LogP) is 6.01. The number of aryl methyl sites for hydroxylation is 2. The number of aromatic nitrogens is 5. The number of benzene rings is 2. The molecule has 11 heteroatoms. The SMILES string of the molecule is Cc1ccc(-c2c(-c3ccc(Cl)cc3)c3nnc([C@H](C)O)n3n(Cc3ccc(C(F)(F)F)nc3C)c2=O)cc1. The first-order valence-electron chi connectivity index (χ1n) is 12.0. The van der Waals surface area contributed by atoms with Gasteiger partial charge in [-0.25, -0.2) is 14.2 Å². The Balaban J connectivity index is 1.85. The Bertz CT molecular complexity index is 1740. The van der Waals surface area contributed by atoms with Gasteiger partial charge in [-0.3, -0.25) is 4.79 Å². The van der Waals surface area contributed by atoms with E-state index in [9.17, 15) is 23.1 Å². The van der Waals surface area contributed by atoms with E-state index in [1.165, 1.54) is 29.1 Å². The molecule has 2 aromatic carbocycles. The average Bonchev–Trinajstić information content (AvgIpc) is 3.32. The highest BCUT2D eigenvalue weighted by Crippen LogP contribution is 2.35. The average molecular weight is 554 g/mol. The van der Waals surface area contributed by atoms with Gasteiger partial charge in [-0.05, 0) is 55.7 Å². The molecule has 7 nitrogen and oxygen atoms in total. The highest BCUT2D eigenvalue weighted by molar-refractivity contribution is 6.30. The third-order valence-electron chi connectivity index (χ3n) is 6.48. The van der Waals surface area contributed by atoms with Crippen LogP contribution in [0.3, 0.4) is 0 Å². The van der Waals surface area contributed by atoms with E-state index >= 15 is 0 Å². The molecule has 0 bridgehead atoms. The highest BCUT2D eigenvalue weighted by atomic mass is 35.5. The van der Waals surface area contributed by atoms with Crippen LogP contribution in [0.2, 0.25) is 5.02 Å². The summed E-state index contributed by atoms with van der Waals surface area (Å²) in [5.74, 6) is 0.102. The highest BCUT2D eigenvalue weighted by Gasteiger charge is 2.33. The fraction of sp³-hybridized carbons (Fsp3) is 0.214. The fourth-order valence-electron chi connectivity index (χ4n) is 4.48. The van der Waals surface area contributed by atoms with Crippen LogP contribution in [0.25, 0.3) is 27.9 Å². The summed E-state index contributed by atoms with van der Waals surface area (Å²) in [6.07, 6.45) is -5.69. The minimum atomic E-state index is -4.60.